The van der Waals surface area contributed by atoms with Gasteiger partial charge < -0.3 is 36.6 Å². The summed E-state index contributed by atoms with van der Waals surface area (Å²) in [6.07, 6.45) is -5.83. The van der Waals surface area contributed by atoms with Crippen molar-refractivity contribution < 1.29 is 25.5 Å². The van der Waals surface area contributed by atoms with E-state index < -0.39 is 31.0 Å². The van der Waals surface area contributed by atoms with E-state index in [4.69, 9.17) is 10.8 Å². The molecule has 1 aromatic rings. The number of aryl methyl sites for hydroxylation is 1. The van der Waals surface area contributed by atoms with Gasteiger partial charge in [-0.1, -0.05) is 42.0 Å². The molecule has 1 aromatic carbocycles. The quantitative estimate of drug-likeness (QED) is 0.206. The lowest BCUT2D eigenvalue weighted by molar-refractivity contribution is -0.114. The Bertz CT molecular complexity index is 471. The van der Waals surface area contributed by atoms with Crippen molar-refractivity contribution in [3.05, 3.63) is 35.4 Å². The lowest BCUT2D eigenvalue weighted by Crippen LogP contribution is -2.48. The molecule has 0 unspecified atom stereocenters. The van der Waals surface area contributed by atoms with Gasteiger partial charge in [0.25, 0.3) is 0 Å². The van der Waals surface area contributed by atoms with Crippen molar-refractivity contribution in [2.75, 3.05) is 13.2 Å². The van der Waals surface area contributed by atoms with E-state index in [1.807, 2.05) is 31.2 Å². The van der Waals surface area contributed by atoms with Gasteiger partial charge in [-0.15, -0.1) is 12.6 Å². The minimum atomic E-state index is -1.59. The largest absolute Gasteiger partial charge is 0.394 e. The molecule has 0 amide bonds. The fraction of sp³-hybridized carbons (Fsp3) is 0.533. The third kappa shape index (κ3) is 10.2. The van der Waals surface area contributed by atoms with Crippen LogP contribution in [0.3, 0.4) is 0 Å². The zero-order valence-corrected chi connectivity index (χ0v) is 15.1. The van der Waals surface area contributed by atoms with Gasteiger partial charge in [0.15, 0.2) is 0 Å². The van der Waals surface area contributed by atoms with Crippen LogP contribution in [0.25, 0.3) is 0 Å². The highest BCUT2D eigenvalue weighted by molar-refractivity contribution is 8.10. The number of nitrogens with two attached hydrogens (primary N) is 1. The van der Waals surface area contributed by atoms with Crippen molar-refractivity contribution in [3.63, 3.8) is 0 Å². The summed E-state index contributed by atoms with van der Waals surface area (Å²) in [5.74, 6) is 0. The van der Waals surface area contributed by atoms with E-state index in [1.54, 1.807) is 0 Å². The summed E-state index contributed by atoms with van der Waals surface area (Å²) < 4.78 is 0.194. The zero-order chi connectivity index (χ0) is 18.7. The van der Waals surface area contributed by atoms with Crippen LogP contribution in [-0.2, 0) is 6.54 Å². The molecule has 4 atom stereocenters. The molecule has 0 fully saturated rings. The predicted molar refractivity (Wildman–Crippen MR) is 99.8 cm³/mol. The summed E-state index contributed by atoms with van der Waals surface area (Å²) in [6, 6.07) is 7.86. The first kappa shape index (κ1) is 23.2. The molecule has 0 aliphatic carbocycles. The molecule has 0 heterocycles. The van der Waals surface area contributed by atoms with Gasteiger partial charge in [-0.25, -0.2) is 0 Å². The second-order valence-corrected chi connectivity index (χ2v) is 6.48. The number of aliphatic hydroxyl groups is 5. The van der Waals surface area contributed by atoms with E-state index in [9.17, 15) is 20.4 Å². The Hall–Kier alpha value is -0.780. The number of benzene rings is 1. The van der Waals surface area contributed by atoms with Crippen LogP contribution in [0.4, 0.5) is 0 Å². The second kappa shape index (κ2) is 12.6. The highest BCUT2D eigenvalue weighted by Crippen LogP contribution is 2.06. The second-order valence-electron chi connectivity index (χ2n) is 5.25. The van der Waals surface area contributed by atoms with Gasteiger partial charge >= 0.3 is 0 Å². The predicted octanol–water partition coefficient (Wildman–Crippen LogP) is -1.32. The number of hydrogen-bond donors (Lipinski definition) is 8. The standard InChI is InChI=1S/C14H23NO5.CH3NS2/c1-9-2-4-10(5-3-9)6-15-7-11(17)13(19)14(20)12(18)8-16;2-1(3)4/h2-5,11-20H,6-8H2,1H3;(H3,2,3,4)/t11-,12+,13+,14+;/m0./s1. The minimum absolute atomic E-state index is 0.0598. The van der Waals surface area contributed by atoms with Crippen LogP contribution >= 0.6 is 24.8 Å². The van der Waals surface area contributed by atoms with Crippen molar-refractivity contribution in [1.29, 1.82) is 0 Å². The Balaban J connectivity index is 0.00000118. The van der Waals surface area contributed by atoms with Gasteiger partial charge in [-0.3, -0.25) is 0 Å². The Morgan fingerprint density at radius 2 is 1.58 bits per heavy atom. The van der Waals surface area contributed by atoms with E-state index >= 15 is 0 Å². The Kier molecular flexibility index (Phi) is 12.2. The topological polar surface area (TPSA) is 139 Å². The summed E-state index contributed by atoms with van der Waals surface area (Å²) in [7, 11) is 0. The maximum Gasteiger partial charge on any atom is 0.128 e. The van der Waals surface area contributed by atoms with Gasteiger partial charge in [0, 0.05) is 13.1 Å². The van der Waals surface area contributed by atoms with E-state index in [0.717, 1.165) is 11.1 Å². The molecule has 9 heteroatoms. The lowest BCUT2D eigenvalue weighted by Gasteiger charge is -2.25. The first-order chi connectivity index (χ1) is 11.2. The molecule has 0 aromatic heterocycles. The molecule has 0 radical (unpaired) electrons. The number of thiocarbonyl (C=S) groups is 1. The number of thiol groups is 1. The van der Waals surface area contributed by atoms with Crippen LogP contribution in [0, 0.1) is 6.92 Å². The van der Waals surface area contributed by atoms with E-state index in [2.05, 4.69) is 30.2 Å². The Morgan fingerprint density at radius 3 is 2.04 bits per heavy atom. The lowest BCUT2D eigenvalue weighted by atomic mass is 10.0. The zero-order valence-electron chi connectivity index (χ0n) is 13.4. The van der Waals surface area contributed by atoms with Crippen LogP contribution in [0.15, 0.2) is 24.3 Å². The molecule has 138 valence electrons. The fourth-order valence-electron chi connectivity index (χ4n) is 1.75. The van der Waals surface area contributed by atoms with Crippen molar-refractivity contribution in [1.82, 2.24) is 5.32 Å². The van der Waals surface area contributed by atoms with E-state index in [-0.39, 0.29) is 10.9 Å². The number of nitrogens with one attached hydrogen (secondary N) is 1. The first-order valence-electron chi connectivity index (χ1n) is 7.26. The maximum absolute atomic E-state index is 9.69. The number of aliphatic hydroxyl groups excluding tert-OH is 5. The monoisotopic (exact) mass is 378 g/mol. The molecule has 1 rings (SSSR count). The van der Waals surface area contributed by atoms with Crippen molar-refractivity contribution in [2.24, 2.45) is 5.73 Å². The van der Waals surface area contributed by atoms with Crippen molar-refractivity contribution >= 4 is 29.2 Å². The first-order valence-corrected chi connectivity index (χ1v) is 8.12. The summed E-state index contributed by atoms with van der Waals surface area (Å²) in [5.41, 5.74) is 6.90. The minimum Gasteiger partial charge on any atom is -0.394 e. The molecular weight excluding hydrogens is 352 g/mol. The molecule has 8 N–H and O–H groups in total. The Labute approximate surface area is 152 Å². The maximum atomic E-state index is 9.69. The molecule has 0 saturated heterocycles. The van der Waals surface area contributed by atoms with E-state index in [0.29, 0.717) is 6.54 Å². The van der Waals surface area contributed by atoms with Crippen LogP contribution in [-0.4, -0.2) is 67.4 Å². The van der Waals surface area contributed by atoms with Gasteiger partial charge in [0.05, 0.1) is 12.7 Å². The van der Waals surface area contributed by atoms with Crippen LogP contribution in [0.1, 0.15) is 11.1 Å². The molecule has 0 aliphatic heterocycles. The fourth-order valence-corrected chi connectivity index (χ4v) is 1.75. The third-order valence-electron chi connectivity index (χ3n) is 3.13. The molecule has 0 bridgehead atoms. The normalized spacial score (nSPS) is 15.6. The smallest absolute Gasteiger partial charge is 0.128 e. The summed E-state index contributed by atoms with van der Waals surface area (Å²) in [5, 5.41) is 49.6. The average Bonchev–Trinajstić information content (AvgIpc) is 2.53. The van der Waals surface area contributed by atoms with Gasteiger partial charge in [0.1, 0.15) is 22.6 Å². The van der Waals surface area contributed by atoms with Crippen LogP contribution in [0.5, 0.6) is 0 Å². The summed E-state index contributed by atoms with van der Waals surface area (Å²) >= 11 is 7.65. The summed E-state index contributed by atoms with van der Waals surface area (Å²) in [4.78, 5) is 0. The molecule has 0 saturated carbocycles. The SMILES string of the molecule is Cc1ccc(CNC[C@H](O)[C@@H](O)[C@H](O)[C@H](O)CO)cc1.NC(=S)S. The number of hydrogen-bond acceptors (Lipinski definition) is 7. The highest BCUT2D eigenvalue weighted by Gasteiger charge is 2.29. The number of rotatable bonds is 8. The van der Waals surface area contributed by atoms with Gasteiger partial charge in [-0.2, -0.15) is 0 Å². The van der Waals surface area contributed by atoms with Crippen molar-refractivity contribution in [3.8, 4) is 0 Å². The molecule has 24 heavy (non-hydrogen) atoms. The highest BCUT2D eigenvalue weighted by atomic mass is 32.1. The molecular formula is C15H26N2O5S2. The Morgan fingerprint density at radius 1 is 1.12 bits per heavy atom. The molecule has 0 spiro atoms. The third-order valence-corrected chi connectivity index (χ3v) is 3.13. The van der Waals surface area contributed by atoms with Gasteiger partial charge in [0.2, 0.25) is 0 Å². The van der Waals surface area contributed by atoms with Crippen LogP contribution < -0.4 is 11.1 Å². The van der Waals surface area contributed by atoms with Gasteiger partial charge in [-0.05, 0) is 12.5 Å². The van der Waals surface area contributed by atoms with Crippen molar-refractivity contribution in [2.45, 2.75) is 37.9 Å². The summed E-state index contributed by atoms with van der Waals surface area (Å²) in [6.45, 7) is 1.89. The molecule has 0 aliphatic rings. The van der Waals surface area contributed by atoms with E-state index in [1.165, 1.54) is 0 Å². The average molecular weight is 379 g/mol. The molecule has 7 nitrogen and oxygen atoms in total. The van der Waals surface area contributed by atoms with Crippen LogP contribution in [0.2, 0.25) is 0 Å².